The van der Waals surface area contributed by atoms with Gasteiger partial charge < -0.3 is 10.2 Å². The fourth-order valence-electron chi connectivity index (χ4n) is 6.68. The molecule has 0 unspecified atom stereocenters. The zero-order valence-corrected chi connectivity index (χ0v) is 24.0. The zero-order valence-electron chi connectivity index (χ0n) is 23.2. The van der Waals surface area contributed by atoms with Gasteiger partial charge in [0.1, 0.15) is 17.6 Å². The molecule has 42 heavy (non-hydrogen) atoms. The molecule has 1 aliphatic heterocycles. The lowest BCUT2D eigenvalue weighted by Gasteiger charge is -2.28. The Hall–Kier alpha value is -4.75. The Morgan fingerprint density at radius 3 is 2.60 bits per heavy atom. The molecule has 7 rings (SSSR count). The van der Waals surface area contributed by atoms with Crippen molar-refractivity contribution in [3.8, 4) is 28.5 Å². The van der Waals surface area contributed by atoms with Crippen molar-refractivity contribution in [2.75, 3.05) is 18.0 Å². The number of aryl methyl sites for hydroxylation is 1. The van der Waals surface area contributed by atoms with Gasteiger partial charge in [0.05, 0.1) is 28.0 Å². The summed E-state index contributed by atoms with van der Waals surface area (Å²) in [6.07, 6.45) is 10.6. The average molecular weight is 578 g/mol. The van der Waals surface area contributed by atoms with Crippen LogP contribution in [-0.4, -0.2) is 53.9 Å². The van der Waals surface area contributed by atoms with E-state index in [2.05, 4.69) is 44.5 Å². The van der Waals surface area contributed by atoms with Crippen LogP contribution in [0.5, 0.6) is 0 Å². The maximum atomic E-state index is 12.9. The third-order valence-corrected chi connectivity index (χ3v) is 8.82. The Morgan fingerprint density at radius 2 is 1.93 bits per heavy atom. The first-order valence-corrected chi connectivity index (χ1v) is 14.2. The molecule has 0 spiro atoms. The number of pyridine rings is 3. The first-order chi connectivity index (χ1) is 20.3. The van der Waals surface area contributed by atoms with E-state index in [-0.39, 0.29) is 17.1 Å². The summed E-state index contributed by atoms with van der Waals surface area (Å²) in [5.41, 5.74) is 4.74. The van der Waals surface area contributed by atoms with Crippen LogP contribution in [-0.2, 0) is 7.05 Å². The van der Waals surface area contributed by atoms with Crippen LogP contribution in [0.25, 0.3) is 27.9 Å². The summed E-state index contributed by atoms with van der Waals surface area (Å²) in [7, 11) is 1.88. The highest BCUT2D eigenvalue weighted by atomic mass is 35.5. The van der Waals surface area contributed by atoms with Crippen molar-refractivity contribution in [1.29, 1.82) is 5.26 Å². The molecular formula is C31H28ClN9O. The standard InChI is InChI=1S/C31H28ClN9O/c1-31(37-30(42)28-25(32)4-3-8-34-28)11-21-16-40(17-22(21)12-31)27-6-5-19(14-35-27)24-10-20(26-7-9-39(2)38-26)18-41-29(24)23(13-33)15-36-41/h3-10,14-15,18,21-22H,11-12,16-17H2,1-2H3,(H,37,42)/t21-,22+,31+. The van der Waals surface area contributed by atoms with Crippen molar-refractivity contribution in [3.63, 3.8) is 0 Å². The van der Waals surface area contributed by atoms with Crippen molar-refractivity contribution in [1.82, 2.24) is 34.7 Å². The number of nitrogens with zero attached hydrogens (tertiary/aromatic N) is 8. The van der Waals surface area contributed by atoms with Crippen LogP contribution in [0.2, 0.25) is 5.02 Å². The lowest BCUT2D eigenvalue weighted by atomic mass is 9.97. The summed E-state index contributed by atoms with van der Waals surface area (Å²) >= 11 is 6.20. The topological polar surface area (TPSA) is 117 Å². The molecule has 5 aromatic rings. The lowest BCUT2D eigenvalue weighted by Crippen LogP contribution is -2.45. The van der Waals surface area contributed by atoms with Gasteiger partial charge in [-0.05, 0) is 68.0 Å². The number of amides is 1. The molecule has 5 aromatic heterocycles. The quantitative estimate of drug-likeness (QED) is 0.320. The Balaban J connectivity index is 1.09. The highest BCUT2D eigenvalue weighted by Crippen LogP contribution is 2.45. The molecule has 0 aromatic carbocycles. The van der Waals surface area contributed by atoms with Gasteiger partial charge in [0.15, 0.2) is 0 Å². The molecular weight excluding hydrogens is 550 g/mol. The second kappa shape index (κ2) is 9.96. The molecule has 1 saturated carbocycles. The van der Waals surface area contributed by atoms with E-state index >= 15 is 0 Å². The summed E-state index contributed by atoms with van der Waals surface area (Å²) in [6, 6.07) is 13.8. The van der Waals surface area contributed by atoms with E-state index < -0.39 is 0 Å². The number of rotatable bonds is 5. The number of anilines is 1. The van der Waals surface area contributed by atoms with Crippen molar-refractivity contribution >= 4 is 28.8 Å². The number of nitriles is 1. The number of hydrogen-bond acceptors (Lipinski definition) is 7. The van der Waals surface area contributed by atoms with Gasteiger partial charge in [0.2, 0.25) is 0 Å². The summed E-state index contributed by atoms with van der Waals surface area (Å²) in [4.78, 5) is 24.2. The molecule has 10 nitrogen and oxygen atoms in total. The minimum Gasteiger partial charge on any atom is -0.356 e. The van der Waals surface area contributed by atoms with Crippen LogP contribution < -0.4 is 10.2 Å². The average Bonchev–Trinajstić information content (AvgIpc) is 3.75. The van der Waals surface area contributed by atoms with E-state index in [9.17, 15) is 10.1 Å². The summed E-state index contributed by atoms with van der Waals surface area (Å²) in [5.74, 6) is 1.60. The fraction of sp³-hybridized carbons (Fsp3) is 0.290. The molecule has 1 aliphatic carbocycles. The minimum absolute atomic E-state index is 0.226. The number of nitrogens with one attached hydrogen (secondary N) is 1. The van der Waals surface area contributed by atoms with Gasteiger partial charge in [0.25, 0.3) is 5.91 Å². The van der Waals surface area contributed by atoms with E-state index in [1.165, 1.54) is 0 Å². The smallest absolute Gasteiger partial charge is 0.271 e. The summed E-state index contributed by atoms with van der Waals surface area (Å²) < 4.78 is 3.50. The zero-order chi connectivity index (χ0) is 29.0. The summed E-state index contributed by atoms with van der Waals surface area (Å²) in [6.45, 7) is 3.88. The predicted octanol–water partition coefficient (Wildman–Crippen LogP) is 4.75. The minimum atomic E-state index is -0.301. The van der Waals surface area contributed by atoms with Crippen molar-refractivity contribution in [2.45, 2.75) is 25.3 Å². The van der Waals surface area contributed by atoms with Gasteiger partial charge >= 0.3 is 0 Å². The van der Waals surface area contributed by atoms with Gasteiger partial charge in [-0.15, -0.1) is 0 Å². The molecule has 1 saturated heterocycles. The van der Waals surface area contributed by atoms with Crippen LogP contribution in [0.1, 0.15) is 35.8 Å². The second-order valence-corrected chi connectivity index (χ2v) is 12.0. The van der Waals surface area contributed by atoms with E-state index in [4.69, 9.17) is 16.6 Å². The summed E-state index contributed by atoms with van der Waals surface area (Å²) in [5, 5.41) is 22.3. The number of carbonyl (C=O) groups is 1. The molecule has 6 heterocycles. The van der Waals surface area contributed by atoms with Crippen molar-refractivity contribution in [2.24, 2.45) is 18.9 Å². The van der Waals surface area contributed by atoms with Crippen LogP contribution in [0, 0.1) is 23.2 Å². The van der Waals surface area contributed by atoms with E-state index in [1.54, 1.807) is 33.7 Å². The third-order valence-electron chi connectivity index (χ3n) is 8.52. The molecule has 1 amide bonds. The van der Waals surface area contributed by atoms with E-state index in [0.717, 1.165) is 59.7 Å². The number of hydrogen-bond donors (Lipinski definition) is 1. The molecule has 2 aliphatic rings. The number of fused-ring (bicyclic) bond motifs is 2. The van der Waals surface area contributed by atoms with E-state index in [1.807, 2.05) is 43.8 Å². The Bertz CT molecular complexity index is 1860. The normalized spacial score (nSPS) is 21.4. The third kappa shape index (κ3) is 4.56. The predicted molar refractivity (Wildman–Crippen MR) is 159 cm³/mol. The first-order valence-electron chi connectivity index (χ1n) is 13.9. The van der Waals surface area contributed by atoms with Crippen LogP contribution in [0.15, 0.2) is 67.4 Å². The Morgan fingerprint density at radius 1 is 1.12 bits per heavy atom. The Labute approximate surface area is 247 Å². The maximum Gasteiger partial charge on any atom is 0.271 e. The van der Waals surface area contributed by atoms with Gasteiger partial charge in [-0.3, -0.25) is 9.48 Å². The molecule has 210 valence electrons. The molecule has 0 radical (unpaired) electrons. The Kier molecular flexibility index (Phi) is 6.21. The molecule has 2 fully saturated rings. The van der Waals surface area contributed by atoms with Crippen LogP contribution in [0.3, 0.4) is 0 Å². The highest BCUT2D eigenvalue weighted by Gasteiger charge is 2.47. The molecule has 3 atom stereocenters. The van der Waals surface area contributed by atoms with Gasteiger partial charge in [-0.25, -0.2) is 14.5 Å². The highest BCUT2D eigenvalue weighted by molar-refractivity contribution is 6.33. The molecule has 1 N–H and O–H groups in total. The second-order valence-electron chi connectivity index (χ2n) is 11.6. The number of carbonyl (C=O) groups excluding carboxylic acids is 1. The fourth-order valence-corrected chi connectivity index (χ4v) is 6.89. The largest absolute Gasteiger partial charge is 0.356 e. The van der Waals surface area contributed by atoms with Gasteiger partial charge in [-0.1, -0.05) is 11.6 Å². The molecule has 0 bridgehead atoms. The number of aromatic nitrogens is 6. The monoisotopic (exact) mass is 577 g/mol. The molecule has 11 heteroatoms. The van der Waals surface area contributed by atoms with Crippen LogP contribution in [0.4, 0.5) is 5.82 Å². The van der Waals surface area contributed by atoms with E-state index in [0.29, 0.717) is 22.4 Å². The van der Waals surface area contributed by atoms with Crippen molar-refractivity contribution in [3.05, 3.63) is 83.7 Å². The van der Waals surface area contributed by atoms with Crippen LogP contribution >= 0.6 is 11.6 Å². The first kappa shape index (κ1) is 26.2. The van der Waals surface area contributed by atoms with Gasteiger partial charge in [-0.2, -0.15) is 15.5 Å². The SMILES string of the molecule is Cn1ccc(-c2cc(-c3ccc(N4C[C@@H]5C[C@@](C)(NC(=O)c6ncccc6Cl)C[C@@H]5C4)nc3)c3c(C#N)cnn3c2)n1. The van der Waals surface area contributed by atoms with Crippen molar-refractivity contribution < 1.29 is 4.79 Å². The maximum absolute atomic E-state index is 12.9. The lowest BCUT2D eigenvalue weighted by molar-refractivity contribution is 0.0900. The number of halogens is 1. The van der Waals surface area contributed by atoms with Gasteiger partial charge in [0, 0.05) is 67.2 Å².